The number of aromatic nitrogens is 1. The Morgan fingerprint density at radius 2 is 2.28 bits per heavy atom. The number of thiazole rings is 1. The minimum absolute atomic E-state index is 0.137. The average molecular weight is 285 g/mol. The first kappa shape index (κ1) is 12.7. The van der Waals surface area contributed by atoms with Gasteiger partial charge in [-0.05, 0) is 18.2 Å². The molecule has 7 heteroatoms. The summed E-state index contributed by atoms with van der Waals surface area (Å²) in [6.07, 6.45) is 1.65. The number of carboxylic acid groups (broad SMARTS) is 1. The largest absolute Gasteiger partial charge is 0.507 e. The van der Waals surface area contributed by atoms with Crippen LogP contribution in [0.2, 0.25) is 4.47 Å². The van der Waals surface area contributed by atoms with Crippen molar-refractivity contribution in [1.82, 2.24) is 4.98 Å². The van der Waals surface area contributed by atoms with Crippen molar-refractivity contribution in [2.24, 2.45) is 0 Å². The number of anilines is 1. The van der Waals surface area contributed by atoms with Crippen molar-refractivity contribution >= 4 is 34.6 Å². The first-order valence-electron chi connectivity index (χ1n) is 4.96. The van der Waals surface area contributed by atoms with E-state index in [1.165, 1.54) is 23.5 Å². The third kappa shape index (κ3) is 2.91. The predicted octanol–water partition coefficient (Wildman–Crippen LogP) is 2.81. The molecule has 3 N–H and O–H groups in total. The lowest BCUT2D eigenvalue weighted by Gasteiger charge is -2.06. The van der Waals surface area contributed by atoms with Crippen LogP contribution in [0.25, 0.3) is 0 Å². The van der Waals surface area contributed by atoms with Crippen molar-refractivity contribution in [3.8, 4) is 5.75 Å². The summed E-state index contributed by atoms with van der Waals surface area (Å²) in [5.41, 5.74) is 0.469. The molecule has 0 unspecified atom stereocenters. The number of nitrogens with zero attached hydrogens (tertiary/aromatic N) is 1. The maximum atomic E-state index is 10.8. The number of carbonyl (C=O) groups is 1. The van der Waals surface area contributed by atoms with E-state index in [0.29, 0.717) is 16.7 Å². The van der Waals surface area contributed by atoms with Crippen LogP contribution in [-0.2, 0) is 6.54 Å². The fraction of sp³-hybridized carbons (Fsp3) is 0.0909. The molecule has 0 atom stereocenters. The maximum Gasteiger partial charge on any atom is 0.339 e. The monoisotopic (exact) mass is 284 g/mol. The number of hydrogen-bond donors (Lipinski definition) is 3. The molecule has 0 bridgehead atoms. The van der Waals surface area contributed by atoms with E-state index in [1.54, 1.807) is 12.3 Å². The number of aromatic carboxylic acids is 1. The molecule has 0 fully saturated rings. The van der Waals surface area contributed by atoms with E-state index in [0.717, 1.165) is 4.88 Å². The Labute approximate surface area is 112 Å². The molecule has 1 aromatic heterocycles. The summed E-state index contributed by atoms with van der Waals surface area (Å²) < 4.78 is 0.462. The van der Waals surface area contributed by atoms with E-state index in [1.807, 2.05) is 0 Å². The van der Waals surface area contributed by atoms with E-state index in [-0.39, 0.29) is 11.3 Å². The number of phenols is 1. The molecule has 0 aliphatic rings. The second kappa shape index (κ2) is 5.24. The van der Waals surface area contributed by atoms with Gasteiger partial charge in [-0.1, -0.05) is 11.6 Å². The summed E-state index contributed by atoms with van der Waals surface area (Å²) in [5.74, 6) is -1.43. The molecule has 0 aliphatic heterocycles. The lowest BCUT2D eigenvalue weighted by molar-refractivity contribution is 0.0694. The number of nitrogens with one attached hydrogen (secondary N) is 1. The zero-order valence-electron chi connectivity index (χ0n) is 9.05. The van der Waals surface area contributed by atoms with E-state index in [9.17, 15) is 9.90 Å². The van der Waals surface area contributed by atoms with Crippen LogP contribution >= 0.6 is 22.9 Å². The molecular weight excluding hydrogens is 276 g/mol. The molecule has 5 nitrogen and oxygen atoms in total. The highest BCUT2D eigenvalue weighted by Crippen LogP contribution is 2.23. The molecule has 2 aromatic rings. The molecule has 2 rings (SSSR count). The van der Waals surface area contributed by atoms with Crippen LogP contribution in [-0.4, -0.2) is 21.2 Å². The van der Waals surface area contributed by atoms with Crippen LogP contribution in [0.3, 0.4) is 0 Å². The van der Waals surface area contributed by atoms with Gasteiger partial charge in [0, 0.05) is 16.8 Å². The van der Waals surface area contributed by atoms with Gasteiger partial charge in [0.1, 0.15) is 11.3 Å². The standard InChI is InChI=1S/C11H9ClN2O3S/c12-11-14-5-7(18-11)4-13-6-1-2-9(15)8(3-6)10(16)17/h1-3,5,13,15H,4H2,(H,16,17). The van der Waals surface area contributed by atoms with Gasteiger partial charge in [-0.3, -0.25) is 0 Å². The summed E-state index contributed by atoms with van der Waals surface area (Å²) in [4.78, 5) is 15.7. The Balaban J connectivity index is 2.10. The summed E-state index contributed by atoms with van der Waals surface area (Å²) >= 11 is 7.05. The first-order chi connectivity index (χ1) is 8.56. The Kier molecular flexibility index (Phi) is 3.69. The number of halogens is 1. The third-order valence-electron chi connectivity index (χ3n) is 2.22. The van der Waals surface area contributed by atoms with Gasteiger partial charge in [0.25, 0.3) is 0 Å². The van der Waals surface area contributed by atoms with Crippen LogP contribution in [0.1, 0.15) is 15.2 Å². The molecule has 0 radical (unpaired) electrons. The van der Waals surface area contributed by atoms with Crippen LogP contribution in [0, 0.1) is 0 Å². The number of rotatable bonds is 4. The zero-order valence-corrected chi connectivity index (χ0v) is 10.6. The van der Waals surface area contributed by atoms with Gasteiger partial charge < -0.3 is 15.5 Å². The highest BCUT2D eigenvalue weighted by Gasteiger charge is 2.10. The predicted molar refractivity (Wildman–Crippen MR) is 69.5 cm³/mol. The van der Waals surface area contributed by atoms with Crippen LogP contribution < -0.4 is 5.32 Å². The summed E-state index contributed by atoms with van der Waals surface area (Å²) in [7, 11) is 0. The average Bonchev–Trinajstić information content (AvgIpc) is 2.74. The van der Waals surface area contributed by atoms with Gasteiger partial charge in [0.2, 0.25) is 0 Å². The van der Waals surface area contributed by atoms with Crippen molar-refractivity contribution in [2.75, 3.05) is 5.32 Å². The Morgan fingerprint density at radius 1 is 1.50 bits per heavy atom. The smallest absolute Gasteiger partial charge is 0.339 e. The van der Waals surface area contributed by atoms with E-state index < -0.39 is 5.97 Å². The van der Waals surface area contributed by atoms with E-state index in [2.05, 4.69) is 10.3 Å². The van der Waals surface area contributed by atoms with Crippen molar-refractivity contribution in [3.05, 3.63) is 39.3 Å². The number of carboxylic acids is 1. The highest BCUT2D eigenvalue weighted by molar-refractivity contribution is 7.15. The van der Waals surface area contributed by atoms with Gasteiger partial charge in [-0.15, -0.1) is 11.3 Å². The van der Waals surface area contributed by atoms with Crippen LogP contribution in [0.4, 0.5) is 5.69 Å². The molecule has 1 heterocycles. The summed E-state index contributed by atoms with van der Waals surface area (Å²) in [6.45, 7) is 0.494. The lowest BCUT2D eigenvalue weighted by atomic mass is 10.2. The van der Waals surface area contributed by atoms with Crippen LogP contribution in [0.5, 0.6) is 5.75 Å². The number of hydrogen-bond acceptors (Lipinski definition) is 5. The van der Waals surface area contributed by atoms with Gasteiger partial charge >= 0.3 is 5.97 Å². The third-order valence-corrected chi connectivity index (χ3v) is 3.33. The SMILES string of the molecule is O=C(O)c1cc(NCc2cnc(Cl)s2)ccc1O. The van der Waals surface area contributed by atoms with Gasteiger partial charge in [-0.25, -0.2) is 9.78 Å². The summed E-state index contributed by atoms with van der Waals surface area (Å²) in [5, 5.41) is 21.3. The van der Waals surface area contributed by atoms with Gasteiger partial charge in [0.05, 0.1) is 6.54 Å². The molecule has 1 aromatic carbocycles. The topological polar surface area (TPSA) is 82.5 Å². The molecule has 0 aliphatic carbocycles. The minimum atomic E-state index is -1.17. The quantitative estimate of drug-likeness (QED) is 0.752. The summed E-state index contributed by atoms with van der Waals surface area (Å²) in [6, 6.07) is 4.32. The van der Waals surface area contributed by atoms with Gasteiger partial charge in [0.15, 0.2) is 4.47 Å². The van der Waals surface area contributed by atoms with Crippen molar-refractivity contribution < 1.29 is 15.0 Å². The number of aromatic hydroxyl groups is 1. The highest BCUT2D eigenvalue weighted by atomic mass is 35.5. The van der Waals surface area contributed by atoms with E-state index in [4.69, 9.17) is 16.7 Å². The lowest BCUT2D eigenvalue weighted by Crippen LogP contribution is -2.01. The fourth-order valence-electron chi connectivity index (χ4n) is 1.37. The van der Waals surface area contributed by atoms with E-state index >= 15 is 0 Å². The Hall–Kier alpha value is -1.79. The molecule has 0 spiro atoms. The van der Waals surface area contributed by atoms with Crippen LogP contribution in [0.15, 0.2) is 24.4 Å². The molecular formula is C11H9ClN2O3S. The van der Waals surface area contributed by atoms with Crippen molar-refractivity contribution in [2.45, 2.75) is 6.54 Å². The molecule has 0 amide bonds. The zero-order chi connectivity index (χ0) is 13.1. The Morgan fingerprint density at radius 3 is 2.89 bits per heavy atom. The second-order valence-corrected chi connectivity index (χ2v) is 5.17. The molecule has 0 saturated heterocycles. The first-order valence-corrected chi connectivity index (χ1v) is 6.16. The molecule has 94 valence electrons. The minimum Gasteiger partial charge on any atom is -0.507 e. The molecule has 18 heavy (non-hydrogen) atoms. The maximum absolute atomic E-state index is 10.8. The normalized spacial score (nSPS) is 10.3. The fourth-order valence-corrected chi connectivity index (χ4v) is 2.29. The second-order valence-electron chi connectivity index (χ2n) is 3.47. The molecule has 0 saturated carbocycles. The van der Waals surface area contributed by atoms with Crippen molar-refractivity contribution in [1.29, 1.82) is 0 Å². The van der Waals surface area contributed by atoms with Crippen molar-refractivity contribution in [3.63, 3.8) is 0 Å². The number of benzene rings is 1. The van der Waals surface area contributed by atoms with Gasteiger partial charge in [-0.2, -0.15) is 0 Å². The Bertz CT molecular complexity index is 585.